The van der Waals surface area contributed by atoms with Crippen LogP contribution in [0.4, 0.5) is 18.9 Å². The maximum absolute atomic E-state index is 13.4. The molecule has 1 atom stereocenters. The Hall–Kier alpha value is -3.11. The number of hydrogen-bond acceptors (Lipinski definition) is 5. The third-order valence-corrected chi connectivity index (χ3v) is 6.20. The van der Waals surface area contributed by atoms with Gasteiger partial charge in [0, 0.05) is 51.5 Å². The zero-order valence-corrected chi connectivity index (χ0v) is 18.3. The Balaban J connectivity index is 1.64. The third kappa shape index (κ3) is 3.93. The lowest BCUT2D eigenvalue weighted by atomic mass is 10.1. The largest absolute Gasteiger partial charge is 0.479 e. The summed E-state index contributed by atoms with van der Waals surface area (Å²) in [6, 6.07) is 7.88. The number of fused-ring (bicyclic) bond motifs is 2. The maximum Gasteiger partial charge on any atom is 0.417 e. The number of amides is 1. The number of anilines is 1. The highest BCUT2D eigenvalue weighted by atomic mass is 19.4. The van der Waals surface area contributed by atoms with Gasteiger partial charge in [-0.25, -0.2) is 4.98 Å². The van der Waals surface area contributed by atoms with Crippen LogP contribution in [0.15, 0.2) is 36.5 Å². The Labute approximate surface area is 188 Å². The average molecular weight is 459 g/mol. The summed E-state index contributed by atoms with van der Waals surface area (Å²) in [5.74, 6) is 0.422. The van der Waals surface area contributed by atoms with Gasteiger partial charge in [0.2, 0.25) is 0 Å². The topological polar surface area (TPSA) is 62.1 Å². The molecular weight excluding hydrogens is 435 g/mol. The van der Waals surface area contributed by atoms with Crippen LogP contribution in [0, 0.1) is 0 Å². The van der Waals surface area contributed by atoms with Gasteiger partial charge in [-0.05, 0) is 37.3 Å². The molecule has 0 radical (unpaired) electrons. The summed E-state index contributed by atoms with van der Waals surface area (Å²) in [6.45, 7) is 5.38. The summed E-state index contributed by atoms with van der Waals surface area (Å²) in [6.07, 6.45) is -3.91. The molecule has 2 aliphatic heterocycles. The maximum atomic E-state index is 13.4. The molecule has 1 unspecified atom stereocenters. The number of benzene rings is 1. The van der Waals surface area contributed by atoms with Crippen LogP contribution in [0.3, 0.4) is 0 Å². The lowest BCUT2D eigenvalue weighted by Gasteiger charge is -2.30. The van der Waals surface area contributed by atoms with Crippen LogP contribution in [-0.2, 0) is 17.5 Å². The summed E-state index contributed by atoms with van der Waals surface area (Å²) in [5.41, 5.74) is 2.31. The zero-order valence-electron chi connectivity index (χ0n) is 18.3. The van der Waals surface area contributed by atoms with Crippen molar-refractivity contribution < 1.29 is 22.7 Å². The Bertz CT molecular complexity index is 1220. The van der Waals surface area contributed by atoms with Gasteiger partial charge in [0.05, 0.1) is 22.6 Å². The van der Waals surface area contributed by atoms with Crippen LogP contribution in [0.1, 0.15) is 18.2 Å². The van der Waals surface area contributed by atoms with Crippen molar-refractivity contribution in [3.05, 3.63) is 47.8 Å². The molecule has 0 spiro atoms. The first-order valence-corrected chi connectivity index (χ1v) is 10.8. The molecule has 0 saturated carbocycles. The lowest BCUT2D eigenvalue weighted by Crippen LogP contribution is -2.43. The van der Waals surface area contributed by atoms with Gasteiger partial charge in [-0.15, -0.1) is 0 Å². The van der Waals surface area contributed by atoms with Gasteiger partial charge >= 0.3 is 6.18 Å². The van der Waals surface area contributed by atoms with Crippen molar-refractivity contribution in [1.29, 1.82) is 0 Å². The molecule has 0 aliphatic carbocycles. The molecular formula is C23H24F3N5O2. The zero-order chi connectivity index (χ0) is 23.3. The van der Waals surface area contributed by atoms with Gasteiger partial charge in [-0.2, -0.15) is 13.2 Å². The minimum atomic E-state index is -4.45. The molecule has 7 nitrogen and oxygen atoms in total. The highest BCUT2D eigenvalue weighted by Crippen LogP contribution is 2.38. The summed E-state index contributed by atoms with van der Waals surface area (Å²) in [7, 11) is 1.69. The van der Waals surface area contributed by atoms with E-state index in [2.05, 4.69) is 15.2 Å². The molecule has 1 fully saturated rings. The van der Waals surface area contributed by atoms with Gasteiger partial charge in [-0.3, -0.25) is 9.69 Å². The van der Waals surface area contributed by atoms with Crippen molar-refractivity contribution in [3.63, 3.8) is 0 Å². The minimum Gasteiger partial charge on any atom is -0.479 e. The van der Waals surface area contributed by atoms with Crippen LogP contribution in [0.25, 0.3) is 16.9 Å². The molecule has 33 heavy (non-hydrogen) atoms. The van der Waals surface area contributed by atoms with Crippen molar-refractivity contribution in [2.45, 2.75) is 25.7 Å². The van der Waals surface area contributed by atoms with Gasteiger partial charge < -0.3 is 19.4 Å². The predicted molar refractivity (Wildman–Crippen MR) is 117 cm³/mol. The van der Waals surface area contributed by atoms with Crippen LogP contribution in [-0.4, -0.2) is 59.5 Å². The number of carbonyl (C=O) groups excluding carboxylic acids is 1. The third-order valence-electron chi connectivity index (χ3n) is 6.20. The molecule has 2 aromatic heterocycles. The number of hydrogen-bond donors (Lipinski definition) is 1. The molecule has 1 saturated heterocycles. The van der Waals surface area contributed by atoms with Crippen LogP contribution < -0.4 is 15.0 Å². The van der Waals surface area contributed by atoms with E-state index in [1.807, 2.05) is 12.1 Å². The number of rotatable bonds is 3. The second-order valence-corrected chi connectivity index (χ2v) is 8.42. The Kier molecular flexibility index (Phi) is 5.29. The number of carbonyl (C=O) groups is 1. The van der Waals surface area contributed by atoms with Crippen LogP contribution >= 0.6 is 0 Å². The van der Waals surface area contributed by atoms with Crippen molar-refractivity contribution in [1.82, 2.24) is 19.6 Å². The van der Waals surface area contributed by atoms with E-state index >= 15 is 0 Å². The van der Waals surface area contributed by atoms with E-state index in [1.165, 1.54) is 10.5 Å². The number of halogens is 3. The standard InChI is InChI=1S/C23H24F3N5O2/c1-14-22(32)29(2)17-11-15(3-5-19(17)33-14)21-18(13-30-9-7-27-8-10-30)31-12-16(23(24,25)26)4-6-20(31)28-21/h3-6,11-12,14,27H,7-10,13H2,1-2H3. The number of ether oxygens (including phenoxy) is 1. The molecule has 1 amide bonds. The van der Waals surface area contributed by atoms with Gasteiger partial charge in [0.25, 0.3) is 5.91 Å². The van der Waals surface area contributed by atoms with Crippen molar-refractivity contribution in [3.8, 4) is 17.0 Å². The quantitative estimate of drug-likeness (QED) is 0.652. The molecule has 3 aromatic rings. The summed E-state index contributed by atoms with van der Waals surface area (Å²) in [5, 5.41) is 3.29. The van der Waals surface area contributed by atoms with E-state index < -0.39 is 17.8 Å². The first-order chi connectivity index (χ1) is 15.7. The van der Waals surface area contributed by atoms with Crippen molar-refractivity contribution in [2.75, 3.05) is 38.1 Å². The first-order valence-electron chi connectivity index (χ1n) is 10.8. The Morgan fingerprint density at radius 2 is 1.94 bits per heavy atom. The fourth-order valence-electron chi connectivity index (χ4n) is 4.38. The van der Waals surface area contributed by atoms with E-state index in [0.29, 0.717) is 40.6 Å². The highest BCUT2D eigenvalue weighted by Gasteiger charge is 2.32. The monoisotopic (exact) mass is 459 g/mol. The molecule has 10 heteroatoms. The van der Waals surface area contributed by atoms with Crippen molar-refractivity contribution >= 4 is 17.2 Å². The Morgan fingerprint density at radius 3 is 2.67 bits per heavy atom. The minimum absolute atomic E-state index is 0.162. The van der Waals surface area contributed by atoms with E-state index in [0.717, 1.165) is 38.4 Å². The smallest absolute Gasteiger partial charge is 0.417 e. The van der Waals surface area contributed by atoms with E-state index in [4.69, 9.17) is 4.74 Å². The van der Waals surface area contributed by atoms with E-state index in [1.54, 1.807) is 24.9 Å². The number of nitrogens with one attached hydrogen (secondary N) is 1. The average Bonchev–Trinajstić information content (AvgIpc) is 3.15. The number of aromatic nitrogens is 2. The number of imidazole rings is 1. The number of nitrogens with zero attached hydrogens (tertiary/aromatic N) is 4. The molecule has 4 heterocycles. The molecule has 0 bridgehead atoms. The molecule has 1 aromatic carbocycles. The normalized spacial score (nSPS) is 19.6. The Morgan fingerprint density at radius 1 is 1.18 bits per heavy atom. The van der Waals surface area contributed by atoms with Gasteiger partial charge in [0.1, 0.15) is 11.4 Å². The molecule has 2 aliphatic rings. The number of piperazine rings is 1. The number of likely N-dealkylation sites (N-methyl/N-ethyl adjacent to an activating group) is 1. The highest BCUT2D eigenvalue weighted by molar-refractivity contribution is 6.00. The lowest BCUT2D eigenvalue weighted by molar-refractivity contribution is -0.137. The summed E-state index contributed by atoms with van der Waals surface area (Å²) < 4.78 is 47.5. The van der Waals surface area contributed by atoms with E-state index in [9.17, 15) is 18.0 Å². The van der Waals surface area contributed by atoms with Crippen molar-refractivity contribution in [2.24, 2.45) is 0 Å². The first kappa shape index (κ1) is 21.7. The second-order valence-electron chi connectivity index (χ2n) is 8.42. The van der Waals surface area contributed by atoms with Crippen LogP contribution in [0.5, 0.6) is 5.75 Å². The number of pyridine rings is 1. The number of alkyl halides is 3. The summed E-state index contributed by atoms with van der Waals surface area (Å²) in [4.78, 5) is 20.8. The SMILES string of the molecule is CC1Oc2ccc(-c3nc4ccc(C(F)(F)F)cn4c3CN3CCNCC3)cc2N(C)C1=O. The molecule has 174 valence electrons. The van der Waals surface area contributed by atoms with E-state index in [-0.39, 0.29) is 5.91 Å². The second kappa shape index (κ2) is 8.03. The fraction of sp³-hybridized carbons (Fsp3) is 0.391. The van der Waals surface area contributed by atoms with Crippen LogP contribution in [0.2, 0.25) is 0 Å². The van der Waals surface area contributed by atoms with Gasteiger partial charge in [-0.1, -0.05) is 0 Å². The fourth-order valence-corrected chi connectivity index (χ4v) is 4.38. The predicted octanol–water partition coefficient (Wildman–Crippen LogP) is 3.17. The molecule has 5 rings (SSSR count). The summed E-state index contributed by atoms with van der Waals surface area (Å²) >= 11 is 0. The molecule has 1 N–H and O–H groups in total. The van der Waals surface area contributed by atoms with Gasteiger partial charge in [0.15, 0.2) is 6.10 Å².